The highest BCUT2D eigenvalue weighted by Gasteiger charge is 2.30. The monoisotopic (exact) mass is 462 g/mol. The first-order chi connectivity index (χ1) is 14.8. The molecular formula is C19H19ClN6O4S. The third-order valence-electron chi connectivity index (χ3n) is 5.16. The topological polar surface area (TPSA) is 137 Å². The van der Waals surface area contributed by atoms with Gasteiger partial charge < -0.3 is 5.32 Å². The van der Waals surface area contributed by atoms with E-state index in [9.17, 15) is 18.0 Å². The molecule has 1 N–H and O–H groups in total. The van der Waals surface area contributed by atoms with E-state index in [1.54, 1.807) is 13.0 Å². The number of nitrogens with one attached hydrogen (secondary N) is 1. The van der Waals surface area contributed by atoms with Crippen molar-refractivity contribution < 1.29 is 13.2 Å². The fraction of sp³-hybridized carbons (Fsp3) is 0.368. The second kappa shape index (κ2) is 8.31. The van der Waals surface area contributed by atoms with E-state index in [4.69, 9.17) is 11.6 Å². The minimum atomic E-state index is -3.34. The molecule has 0 amide bonds. The van der Waals surface area contributed by atoms with Crippen molar-refractivity contribution >= 4 is 44.2 Å². The van der Waals surface area contributed by atoms with E-state index in [1.807, 2.05) is 0 Å². The molecule has 1 aliphatic carbocycles. The van der Waals surface area contributed by atoms with Crippen molar-refractivity contribution in [2.24, 2.45) is 0 Å². The van der Waals surface area contributed by atoms with Crippen LogP contribution in [0.5, 0.6) is 0 Å². The van der Waals surface area contributed by atoms with Crippen molar-refractivity contribution in [2.75, 3.05) is 11.1 Å². The van der Waals surface area contributed by atoms with Gasteiger partial charge in [-0.25, -0.2) is 18.4 Å². The van der Waals surface area contributed by atoms with Gasteiger partial charge in [0.1, 0.15) is 5.52 Å². The molecule has 1 fully saturated rings. The summed E-state index contributed by atoms with van der Waals surface area (Å²) in [4.78, 5) is 42.1. The Bertz CT molecular complexity index is 1320. The highest BCUT2D eigenvalue weighted by atomic mass is 35.5. The van der Waals surface area contributed by atoms with Gasteiger partial charge in [-0.15, -0.1) is 0 Å². The molecule has 0 bridgehead atoms. The Kier molecular flexibility index (Phi) is 5.71. The molecule has 4 rings (SSSR count). The first-order valence-corrected chi connectivity index (χ1v) is 11.7. The number of ketones is 1. The van der Waals surface area contributed by atoms with Crippen molar-refractivity contribution in [1.82, 2.24) is 24.5 Å². The molecule has 162 valence electrons. The molecule has 3 aromatic rings. The lowest BCUT2D eigenvalue weighted by molar-refractivity contribution is -0.120. The highest BCUT2D eigenvalue weighted by molar-refractivity contribution is 7.91. The summed E-state index contributed by atoms with van der Waals surface area (Å²) in [5, 5.41) is 2.89. The maximum Gasteiger partial charge on any atom is 0.295 e. The van der Waals surface area contributed by atoms with Crippen molar-refractivity contribution in [1.29, 1.82) is 0 Å². The summed E-state index contributed by atoms with van der Waals surface area (Å²) in [7, 11) is -3.34. The molecule has 0 saturated heterocycles. The van der Waals surface area contributed by atoms with Gasteiger partial charge in [-0.2, -0.15) is 4.98 Å². The minimum Gasteiger partial charge on any atom is -0.360 e. The lowest BCUT2D eigenvalue weighted by atomic mass is 10.2. The van der Waals surface area contributed by atoms with E-state index < -0.39 is 21.4 Å². The van der Waals surface area contributed by atoms with Crippen LogP contribution < -0.4 is 10.9 Å². The van der Waals surface area contributed by atoms with Gasteiger partial charge in [-0.05, 0) is 36.6 Å². The van der Waals surface area contributed by atoms with Gasteiger partial charge in [0, 0.05) is 12.6 Å². The van der Waals surface area contributed by atoms with Gasteiger partial charge in [0.15, 0.2) is 27.1 Å². The molecule has 10 nitrogen and oxygen atoms in total. The number of aromatic nitrogens is 5. The number of pyridine rings is 1. The van der Waals surface area contributed by atoms with Crippen LogP contribution in [0.2, 0.25) is 5.28 Å². The van der Waals surface area contributed by atoms with Gasteiger partial charge in [-0.3, -0.25) is 19.1 Å². The normalized spacial score (nSPS) is 16.7. The van der Waals surface area contributed by atoms with Gasteiger partial charge in [0.05, 0.1) is 35.1 Å². The number of fused-ring (bicyclic) bond motifs is 1. The summed E-state index contributed by atoms with van der Waals surface area (Å²) in [5.41, 5.74) is 0.562. The summed E-state index contributed by atoms with van der Waals surface area (Å²) in [6, 6.07) is 2.42. The van der Waals surface area contributed by atoms with Crippen LogP contribution in [-0.2, 0) is 21.2 Å². The molecule has 3 aromatic heterocycles. The van der Waals surface area contributed by atoms with Crippen molar-refractivity contribution in [2.45, 2.75) is 43.7 Å². The zero-order valence-corrected chi connectivity index (χ0v) is 18.1. The largest absolute Gasteiger partial charge is 0.360 e. The highest BCUT2D eigenvalue weighted by Crippen LogP contribution is 2.27. The quantitative estimate of drug-likeness (QED) is 0.544. The number of rotatable bonds is 6. The Hall–Kier alpha value is -2.92. The van der Waals surface area contributed by atoms with E-state index in [2.05, 4.69) is 25.3 Å². The molecule has 31 heavy (non-hydrogen) atoms. The van der Waals surface area contributed by atoms with Crippen LogP contribution in [0.25, 0.3) is 11.2 Å². The standard InChI is InChI=1S/C19H19ClN6O4S/c1-2-31(29,30)12-7-6-11(21-9-12)8-22-16-18(28)26(14-4-3-5-15(14)27)17-13(24-16)10-23-19(20)25-17/h6-7,9-10,14H,2-5,8H2,1H3,(H,22,24). The molecular weight excluding hydrogens is 444 g/mol. The van der Waals surface area contributed by atoms with E-state index in [0.717, 1.165) is 0 Å². The first kappa shape index (κ1) is 21.3. The Morgan fingerprint density at radius 2 is 2.00 bits per heavy atom. The maximum atomic E-state index is 13.2. The van der Waals surface area contributed by atoms with Crippen LogP contribution in [0.3, 0.4) is 0 Å². The summed E-state index contributed by atoms with van der Waals surface area (Å²) in [6.07, 6.45) is 4.31. The third-order valence-corrected chi connectivity index (χ3v) is 7.06. The second-order valence-electron chi connectivity index (χ2n) is 7.10. The van der Waals surface area contributed by atoms with Crippen LogP contribution in [0.4, 0.5) is 5.82 Å². The molecule has 0 aromatic carbocycles. The van der Waals surface area contributed by atoms with Gasteiger partial charge in [0.25, 0.3) is 5.56 Å². The van der Waals surface area contributed by atoms with Crippen LogP contribution >= 0.6 is 11.6 Å². The summed E-state index contributed by atoms with van der Waals surface area (Å²) in [5.74, 6) is -0.0337. The molecule has 1 saturated carbocycles. The molecule has 0 aliphatic heterocycles. The summed E-state index contributed by atoms with van der Waals surface area (Å²) < 4.78 is 25.2. The zero-order valence-electron chi connectivity index (χ0n) is 16.6. The van der Waals surface area contributed by atoms with Crippen molar-refractivity contribution in [3.8, 4) is 0 Å². The Labute approximate surface area is 182 Å². The number of sulfone groups is 1. The summed E-state index contributed by atoms with van der Waals surface area (Å²) >= 11 is 5.91. The van der Waals surface area contributed by atoms with Crippen LogP contribution in [0.1, 0.15) is 37.9 Å². The number of anilines is 1. The van der Waals surface area contributed by atoms with Gasteiger partial charge >= 0.3 is 0 Å². The number of carbonyl (C=O) groups excluding carboxylic acids is 1. The molecule has 3 heterocycles. The smallest absolute Gasteiger partial charge is 0.295 e. The van der Waals surface area contributed by atoms with E-state index in [1.165, 1.54) is 23.0 Å². The molecule has 1 aliphatic rings. The van der Waals surface area contributed by atoms with Crippen molar-refractivity contribution in [3.63, 3.8) is 0 Å². The zero-order chi connectivity index (χ0) is 22.2. The molecule has 0 radical (unpaired) electrons. The number of nitrogens with zero attached hydrogens (tertiary/aromatic N) is 5. The number of hydrogen-bond donors (Lipinski definition) is 1. The average Bonchev–Trinajstić information content (AvgIpc) is 3.18. The van der Waals surface area contributed by atoms with Crippen LogP contribution in [0, 0.1) is 0 Å². The fourth-order valence-corrected chi connectivity index (χ4v) is 4.45. The predicted molar refractivity (Wildman–Crippen MR) is 114 cm³/mol. The Morgan fingerprint density at radius 1 is 1.19 bits per heavy atom. The minimum absolute atomic E-state index is 0.0151. The molecule has 12 heteroatoms. The van der Waals surface area contributed by atoms with Crippen molar-refractivity contribution in [3.05, 3.63) is 45.9 Å². The lowest BCUT2D eigenvalue weighted by Gasteiger charge is -2.16. The van der Waals surface area contributed by atoms with Gasteiger partial charge in [0.2, 0.25) is 5.28 Å². The number of carbonyl (C=O) groups is 1. The van der Waals surface area contributed by atoms with Crippen LogP contribution in [0.15, 0.2) is 34.2 Å². The SMILES string of the molecule is CCS(=O)(=O)c1ccc(CNc2nc3cnc(Cl)nc3n(C3CCCC3=O)c2=O)nc1. The molecule has 1 atom stereocenters. The Morgan fingerprint density at radius 3 is 2.65 bits per heavy atom. The first-order valence-electron chi connectivity index (χ1n) is 9.69. The van der Waals surface area contributed by atoms with E-state index in [-0.39, 0.29) is 39.7 Å². The Balaban J connectivity index is 1.68. The molecule has 1 unspecified atom stereocenters. The summed E-state index contributed by atoms with van der Waals surface area (Å²) in [6.45, 7) is 1.69. The predicted octanol–water partition coefficient (Wildman–Crippen LogP) is 1.93. The number of halogens is 1. The average molecular weight is 463 g/mol. The van der Waals surface area contributed by atoms with E-state index in [0.29, 0.717) is 30.5 Å². The molecule has 0 spiro atoms. The van der Waals surface area contributed by atoms with E-state index >= 15 is 0 Å². The maximum absolute atomic E-state index is 13.2. The number of Topliss-reactive ketones (excluding diaryl/α,β-unsaturated/α-hetero) is 1. The fourth-order valence-electron chi connectivity index (χ4n) is 3.50. The van der Waals surface area contributed by atoms with Crippen LogP contribution in [-0.4, -0.2) is 44.5 Å². The number of hydrogen-bond acceptors (Lipinski definition) is 9. The second-order valence-corrected chi connectivity index (χ2v) is 9.72. The lowest BCUT2D eigenvalue weighted by Crippen LogP contribution is -2.31. The third kappa shape index (κ3) is 4.15. The van der Waals surface area contributed by atoms with Gasteiger partial charge in [-0.1, -0.05) is 6.92 Å².